The smallest absolute Gasteiger partial charge is 0.0700 e. The van der Waals surface area contributed by atoms with E-state index in [-0.39, 0.29) is 0 Å². The van der Waals surface area contributed by atoms with Gasteiger partial charge in [0.2, 0.25) is 0 Å². The molecule has 0 aliphatic carbocycles. The van der Waals surface area contributed by atoms with E-state index in [0.29, 0.717) is 6.10 Å². The molecule has 1 N–H and O–H groups in total. The summed E-state index contributed by atoms with van der Waals surface area (Å²) in [6, 6.07) is 0. The number of rotatable bonds is 7. The third kappa shape index (κ3) is 5.23. The first-order valence-corrected chi connectivity index (χ1v) is 6.81. The maximum Gasteiger partial charge on any atom is 0.0700 e. The highest BCUT2D eigenvalue weighted by atomic mass is 32.2. The minimum absolute atomic E-state index is 0.489. The molecule has 0 spiro atoms. The van der Waals surface area contributed by atoms with E-state index >= 15 is 0 Å². The molecule has 2 nitrogen and oxygen atoms in total. The van der Waals surface area contributed by atoms with Gasteiger partial charge in [0, 0.05) is 30.7 Å². The van der Waals surface area contributed by atoms with Crippen molar-refractivity contribution in [1.82, 2.24) is 5.32 Å². The molecular weight excluding hydrogens is 194 g/mol. The molecule has 1 saturated heterocycles. The molecule has 14 heavy (non-hydrogen) atoms. The Morgan fingerprint density at radius 1 is 1.57 bits per heavy atom. The lowest BCUT2D eigenvalue weighted by molar-refractivity contribution is 0.110. The zero-order valence-corrected chi connectivity index (χ0v) is 10.2. The summed E-state index contributed by atoms with van der Waals surface area (Å²) in [5.74, 6) is 1.22. The van der Waals surface area contributed by atoms with Crippen LogP contribution in [0.25, 0.3) is 0 Å². The highest BCUT2D eigenvalue weighted by molar-refractivity contribution is 7.99. The predicted octanol–water partition coefficient (Wildman–Crippen LogP) is 2.29. The van der Waals surface area contributed by atoms with E-state index in [2.05, 4.69) is 30.9 Å². The van der Waals surface area contributed by atoms with Crippen LogP contribution >= 0.6 is 11.8 Å². The van der Waals surface area contributed by atoms with Gasteiger partial charge in [-0.05, 0) is 19.3 Å². The first-order chi connectivity index (χ1) is 6.83. The molecule has 2 atom stereocenters. The molecule has 0 aromatic carbocycles. The van der Waals surface area contributed by atoms with Crippen molar-refractivity contribution < 1.29 is 4.74 Å². The molecule has 1 rings (SSSR count). The fraction of sp³-hybridized carbons (Fsp3) is 1.00. The fourth-order valence-corrected chi connectivity index (χ4v) is 2.42. The second-order valence-electron chi connectivity index (χ2n) is 3.93. The van der Waals surface area contributed by atoms with Gasteiger partial charge in [-0.25, -0.2) is 0 Å². The van der Waals surface area contributed by atoms with Gasteiger partial charge >= 0.3 is 0 Å². The molecule has 0 aromatic rings. The number of hydrogen-bond donors (Lipinski definition) is 1. The van der Waals surface area contributed by atoms with E-state index in [1.807, 2.05) is 0 Å². The number of thioether (sulfide) groups is 1. The Morgan fingerprint density at radius 3 is 3.07 bits per heavy atom. The first-order valence-electron chi connectivity index (χ1n) is 5.77. The van der Waals surface area contributed by atoms with Crippen LogP contribution in [0.5, 0.6) is 0 Å². The normalized spacial score (nSPS) is 24.0. The lowest BCUT2D eigenvalue weighted by atomic mass is 10.2. The van der Waals surface area contributed by atoms with Crippen LogP contribution in [-0.4, -0.2) is 36.8 Å². The predicted molar refractivity (Wildman–Crippen MR) is 64.1 cm³/mol. The summed E-state index contributed by atoms with van der Waals surface area (Å²) in [4.78, 5) is 0. The molecule has 1 fully saturated rings. The van der Waals surface area contributed by atoms with E-state index in [4.69, 9.17) is 4.74 Å². The van der Waals surface area contributed by atoms with Gasteiger partial charge < -0.3 is 10.1 Å². The molecule has 84 valence electrons. The van der Waals surface area contributed by atoms with Gasteiger partial charge in [-0.15, -0.1) is 0 Å². The maximum atomic E-state index is 5.53. The summed E-state index contributed by atoms with van der Waals surface area (Å²) in [5, 5.41) is 4.27. The quantitative estimate of drug-likeness (QED) is 0.661. The number of ether oxygens (including phenoxy) is 1. The van der Waals surface area contributed by atoms with Crippen molar-refractivity contribution >= 4 is 11.8 Å². The molecule has 3 heteroatoms. The van der Waals surface area contributed by atoms with Crippen molar-refractivity contribution in [2.75, 3.05) is 25.4 Å². The summed E-state index contributed by atoms with van der Waals surface area (Å²) >= 11 is 2.06. The van der Waals surface area contributed by atoms with E-state index < -0.39 is 0 Å². The molecular formula is C11H23NOS. The van der Waals surface area contributed by atoms with Crippen molar-refractivity contribution in [3.63, 3.8) is 0 Å². The van der Waals surface area contributed by atoms with Crippen LogP contribution in [0.2, 0.25) is 0 Å². The Kier molecular flexibility index (Phi) is 6.65. The highest BCUT2D eigenvalue weighted by Crippen LogP contribution is 2.13. The lowest BCUT2D eigenvalue weighted by Gasteiger charge is -2.11. The van der Waals surface area contributed by atoms with Crippen LogP contribution in [0.3, 0.4) is 0 Å². The maximum absolute atomic E-state index is 5.53. The zero-order chi connectivity index (χ0) is 10.2. The van der Waals surface area contributed by atoms with Crippen molar-refractivity contribution in [2.45, 2.75) is 44.5 Å². The largest absolute Gasteiger partial charge is 0.377 e. The molecule has 1 aliphatic heterocycles. The van der Waals surface area contributed by atoms with Crippen molar-refractivity contribution in [3.05, 3.63) is 0 Å². The van der Waals surface area contributed by atoms with Gasteiger partial charge in [-0.3, -0.25) is 0 Å². The molecule has 0 bridgehead atoms. The zero-order valence-electron chi connectivity index (χ0n) is 9.42. The summed E-state index contributed by atoms with van der Waals surface area (Å²) in [6.07, 6.45) is 4.25. The van der Waals surface area contributed by atoms with E-state index in [9.17, 15) is 0 Å². The van der Waals surface area contributed by atoms with Gasteiger partial charge in [0.05, 0.1) is 6.10 Å². The topological polar surface area (TPSA) is 21.3 Å². The molecule has 0 amide bonds. The van der Waals surface area contributed by atoms with Crippen LogP contribution < -0.4 is 5.32 Å². The highest BCUT2D eigenvalue weighted by Gasteiger charge is 2.14. The minimum atomic E-state index is 0.489. The van der Waals surface area contributed by atoms with E-state index in [1.54, 1.807) is 0 Å². The Balaban J connectivity index is 1.84. The molecule has 0 radical (unpaired) electrons. The number of nitrogens with one attached hydrogen (secondary N) is 1. The SMILES string of the molecule is CCC(C)SCCNCC1CCCO1. The van der Waals surface area contributed by atoms with Crippen LogP contribution in [0.1, 0.15) is 33.1 Å². The van der Waals surface area contributed by atoms with Gasteiger partial charge in [-0.2, -0.15) is 11.8 Å². The fourth-order valence-electron chi connectivity index (χ4n) is 1.52. The van der Waals surface area contributed by atoms with E-state index in [1.165, 1.54) is 25.0 Å². The summed E-state index contributed by atoms with van der Waals surface area (Å²) in [7, 11) is 0. The summed E-state index contributed by atoms with van der Waals surface area (Å²) in [5.41, 5.74) is 0. The summed E-state index contributed by atoms with van der Waals surface area (Å²) in [6.45, 7) is 7.67. The molecule has 0 saturated carbocycles. The van der Waals surface area contributed by atoms with Crippen LogP contribution in [0.4, 0.5) is 0 Å². The minimum Gasteiger partial charge on any atom is -0.377 e. The van der Waals surface area contributed by atoms with Crippen LogP contribution in [-0.2, 0) is 4.74 Å². The van der Waals surface area contributed by atoms with Crippen LogP contribution in [0, 0.1) is 0 Å². The van der Waals surface area contributed by atoms with E-state index in [0.717, 1.165) is 24.9 Å². The average molecular weight is 217 g/mol. The van der Waals surface area contributed by atoms with Gasteiger partial charge in [0.25, 0.3) is 0 Å². The monoisotopic (exact) mass is 217 g/mol. The standard InChI is InChI=1S/C11H23NOS/c1-3-10(2)14-8-6-12-9-11-5-4-7-13-11/h10-12H,3-9H2,1-2H3. The Bertz CT molecular complexity index is 137. The Hall–Kier alpha value is 0.270. The third-order valence-corrected chi connectivity index (χ3v) is 3.99. The van der Waals surface area contributed by atoms with Crippen molar-refractivity contribution in [3.8, 4) is 0 Å². The van der Waals surface area contributed by atoms with Crippen molar-refractivity contribution in [1.29, 1.82) is 0 Å². The molecule has 0 aromatic heterocycles. The Labute approximate surface area is 92.2 Å². The first kappa shape index (κ1) is 12.3. The third-order valence-electron chi connectivity index (χ3n) is 2.65. The average Bonchev–Trinajstić information content (AvgIpc) is 2.69. The van der Waals surface area contributed by atoms with Crippen LogP contribution in [0.15, 0.2) is 0 Å². The van der Waals surface area contributed by atoms with Crippen molar-refractivity contribution in [2.24, 2.45) is 0 Å². The molecule has 1 heterocycles. The second kappa shape index (κ2) is 7.55. The molecule has 1 aliphatic rings. The second-order valence-corrected chi connectivity index (χ2v) is 5.48. The number of hydrogen-bond acceptors (Lipinski definition) is 3. The molecule has 2 unspecified atom stereocenters. The summed E-state index contributed by atoms with van der Waals surface area (Å²) < 4.78 is 5.53. The van der Waals surface area contributed by atoms with Gasteiger partial charge in [-0.1, -0.05) is 13.8 Å². The lowest BCUT2D eigenvalue weighted by Crippen LogP contribution is -2.28. The van der Waals surface area contributed by atoms with Gasteiger partial charge in [0.1, 0.15) is 0 Å². The van der Waals surface area contributed by atoms with Gasteiger partial charge in [0.15, 0.2) is 0 Å². The Morgan fingerprint density at radius 2 is 2.43 bits per heavy atom.